The highest BCUT2D eigenvalue weighted by molar-refractivity contribution is 8.03. The lowest BCUT2D eigenvalue weighted by Gasteiger charge is -2.05. The molecule has 18 heavy (non-hydrogen) atoms. The van der Waals surface area contributed by atoms with Gasteiger partial charge in [0.05, 0.1) is 0 Å². The number of nitrogens with zero attached hydrogens (tertiary/aromatic N) is 1. The number of nitriles is 1. The maximum absolute atomic E-state index is 11.3. The van der Waals surface area contributed by atoms with Crippen molar-refractivity contribution in [1.29, 1.82) is 5.26 Å². The Morgan fingerprint density at radius 1 is 1.22 bits per heavy atom. The van der Waals surface area contributed by atoms with E-state index < -0.39 is 6.16 Å². The van der Waals surface area contributed by atoms with Crippen molar-refractivity contribution < 1.29 is 14.3 Å². The predicted octanol–water partition coefficient (Wildman–Crippen LogP) is 3.53. The summed E-state index contributed by atoms with van der Waals surface area (Å²) >= 11 is 0.832. The fourth-order valence-electron chi connectivity index (χ4n) is 1.46. The lowest BCUT2D eigenvalue weighted by molar-refractivity contribution is 0.116. The maximum Gasteiger partial charge on any atom is 0.514 e. The van der Waals surface area contributed by atoms with Crippen LogP contribution in [0.25, 0.3) is 10.8 Å². The van der Waals surface area contributed by atoms with E-state index in [1.165, 1.54) is 0 Å². The molecule has 0 aromatic heterocycles. The van der Waals surface area contributed by atoms with Crippen LogP contribution in [0.3, 0.4) is 0 Å². The van der Waals surface area contributed by atoms with Crippen LogP contribution in [0.15, 0.2) is 42.5 Å². The highest BCUT2D eigenvalue weighted by atomic mass is 32.2. The molecule has 0 atom stereocenters. The number of carbonyl (C=O) groups excluding carboxylic acids is 1. The summed E-state index contributed by atoms with van der Waals surface area (Å²) in [7, 11) is 0. The first-order chi connectivity index (χ1) is 8.79. The van der Waals surface area contributed by atoms with Crippen LogP contribution >= 0.6 is 11.8 Å². The van der Waals surface area contributed by atoms with Crippen molar-refractivity contribution >= 4 is 28.7 Å². The summed E-state index contributed by atoms with van der Waals surface area (Å²) in [5.74, 6) is 0.379. The normalized spacial score (nSPS) is 9.72. The third-order valence-electron chi connectivity index (χ3n) is 2.22. The number of thioether (sulfide) groups is 1. The van der Waals surface area contributed by atoms with Gasteiger partial charge in [-0.3, -0.25) is 0 Å². The molecule has 0 radical (unpaired) electrons. The number of ether oxygens (including phenoxy) is 2. The van der Waals surface area contributed by atoms with E-state index in [0.717, 1.165) is 22.5 Å². The van der Waals surface area contributed by atoms with Crippen LogP contribution in [-0.4, -0.2) is 12.1 Å². The van der Waals surface area contributed by atoms with E-state index in [2.05, 4.69) is 4.74 Å². The summed E-state index contributed by atoms with van der Waals surface area (Å²) in [4.78, 5) is 11.3. The van der Waals surface area contributed by atoms with Crippen molar-refractivity contribution in [3.8, 4) is 11.2 Å². The van der Waals surface area contributed by atoms with E-state index >= 15 is 0 Å². The van der Waals surface area contributed by atoms with Gasteiger partial charge in [-0.15, -0.1) is 0 Å². The molecule has 0 aliphatic carbocycles. The highest BCUT2D eigenvalue weighted by Gasteiger charge is 2.06. The van der Waals surface area contributed by atoms with Crippen LogP contribution in [0.1, 0.15) is 0 Å². The second kappa shape index (κ2) is 5.94. The largest absolute Gasteiger partial charge is 0.514 e. The molecule has 0 N–H and O–H groups in total. The van der Waals surface area contributed by atoms with Crippen molar-refractivity contribution in [2.75, 3.05) is 5.94 Å². The zero-order chi connectivity index (χ0) is 12.8. The number of fused-ring (bicyclic) bond motifs is 1. The molecule has 0 bridgehead atoms. The molecule has 4 nitrogen and oxygen atoms in total. The molecule has 0 spiro atoms. The molecule has 0 saturated carbocycles. The average molecular weight is 259 g/mol. The Labute approximate surface area is 108 Å². The molecular weight excluding hydrogens is 250 g/mol. The Bertz CT molecular complexity index is 606. The van der Waals surface area contributed by atoms with Gasteiger partial charge in [0.2, 0.25) is 0 Å². The lowest BCUT2D eigenvalue weighted by atomic mass is 10.1. The van der Waals surface area contributed by atoms with Crippen LogP contribution in [0.5, 0.6) is 5.75 Å². The van der Waals surface area contributed by atoms with Gasteiger partial charge in [-0.2, -0.15) is 5.26 Å². The lowest BCUT2D eigenvalue weighted by Crippen LogP contribution is -2.09. The molecule has 5 heteroatoms. The van der Waals surface area contributed by atoms with Gasteiger partial charge in [0.15, 0.2) is 5.94 Å². The standard InChI is InChI=1S/C13H9NO3S/c14-8-18-9-16-13(15)17-12-6-5-10-3-1-2-4-11(10)7-12/h1-7H,9H2. The quantitative estimate of drug-likeness (QED) is 0.277. The number of rotatable bonds is 3. The molecule has 0 fully saturated rings. The van der Waals surface area contributed by atoms with Crippen LogP contribution in [-0.2, 0) is 4.74 Å². The first-order valence-corrected chi connectivity index (χ1v) is 6.12. The molecule has 0 amide bonds. The minimum Gasteiger partial charge on any atom is -0.422 e. The van der Waals surface area contributed by atoms with E-state index in [-0.39, 0.29) is 5.94 Å². The van der Waals surface area contributed by atoms with Gasteiger partial charge in [0.1, 0.15) is 11.2 Å². The van der Waals surface area contributed by atoms with Crippen molar-refractivity contribution in [2.45, 2.75) is 0 Å². The first-order valence-electron chi connectivity index (χ1n) is 5.14. The molecule has 2 aromatic carbocycles. The van der Waals surface area contributed by atoms with E-state index in [1.54, 1.807) is 17.5 Å². The molecule has 0 aliphatic heterocycles. The molecule has 0 heterocycles. The van der Waals surface area contributed by atoms with Gasteiger partial charge in [0.25, 0.3) is 0 Å². The van der Waals surface area contributed by atoms with Crippen LogP contribution in [0, 0.1) is 10.7 Å². The van der Waals surface area contributed by atoms with E-state index in [4.69, 9.17) is 10.00 Å². The third-order valence-corrected chi connectivity index (χ3v) is 2.59. The van der Waals surface area contributed by atoms with Gasteiger partial charge >= 0.3 is 6.16 Å². The average Bonchev–Trinajstić information content (AvgIpc) is 2.39. The second-order valence-electron chi connectivity index (χ2n) is 3.36. The molecule has 2 rings (SSSR count). The van der Waals surface area contributed by atoms with Crippen molar-refractivity contribution in [2.24, 2.45) is 0 Å². The monoisotopic (exact) mass is 259 g/mol. The van der Waals surface area contributed by atoms with Crippen molar-refractivity contribution in [3.05, 3.63) is 42.5 Å². The van der Waals surface area contributed by atoms with E-state index in [9.17, 15) is 4.79 Å². The number of hydrogen-bond donors (Lipinski definition) is 0. The van der Waals surface area contributed by atoms with E-state index in [1.807, 2.05) is 30.3 Å². The molecule has 2 aromatic rings. The SMILES string of the molecule is N#CSCOC(=O)Oc1ccc2ccccc2c1. The molecule has 0 aliphatic rings. The van der Waals surface area contributed by atoms with Gasteiger partial charge in [-0.05, 0) is 34.7 Å². The van der Waals surface area contributed by atoms with Gasteiger partial charge in [0, 0.05) is 0 Å². The zero-order valence-corrected chi connectivity index (χ0v) is 10.1. The fraction of sp³-hybridized carbons (Fsp3) is 0.0769. The van der Waals surface area contributed by atoms with Crippen molar-refractivity contribution in [1.82, 2.24) is 0 Å². The Balaban J connectivity index is 2.03. The summed E-state index contributed by atoms with van der Waals surface area (Å²) in [6, 6.07) is 13.1. The van der Waals surface area contributed by atoms with Gasteiger partial charge in [-0.1, -0.05) is 30.3 Å². The number of carbonyl (C=O) groups is 1. The number of hydrogen-bond acceptors (Lipinski definition) is 5. The van der Waals surface area contributed by atoms with Crippen LogP contribution in [0.4, 0.5) is 4.79 Å². The summed E-state index contributed by atoms with van der Waals surface area (Å²) in [6.07, 6.45) is -0.812. The minimum atomic E-state index is -0.812. The smallest absolute Gasteiger partial charge is 0.422 e. The van der Waals surface area contributed by atoms with Gasteiger partial charge in [-0.25, -0.2) is 4.79 Å². The van der Waals surface area contributed by atoms with Crippen LogP contribution in [0.2, 0.25) is 0 Å². The topological polar surface area (TPSA) is 59.3 Å². The number of thiocyanates is 1. The third kappa shape index (κ3) is 3.15. The summed E-state index contributed by atoms with van der Waals surface area (Å²) in [5.41, 5.74) is 0. The molecule has 0 saturated heterocycles. The Kier molecular flexibility index (Phi) is 4.05. The molecule has 0 unspecified atom stereocenters. The highest BCUT2D eigenvalue weighted by Crippen LogP contribution is 2.20. The van der Waals surface area contributed by atoms with Crippen LogP contribution < -0.4 is 4.74 Å². The Morgan fingerprint density at radius 3 is 2.78 bits per heavy atom. The molecule has 90 valence electrons. The summed E-state index contributed by atoms with van der Waals surface area (Å²) < 4.78 is 9.66. The Hall–Kier alpha value is -2.19. The fourth-order valence-corrected chi connectivity index (χ4v) is 1.67. The Morgan fingerprint density at radius 2 is 2.00 bits per heavy atom. The summed E-state index contributed by atoms with van der Waals surface area (Å²) in [6.45, 7) is 0. The predicted molar refractivity (Wildman–Crippen MR) is 69.1 cm³/mol. The zero-order valence-electron chi connectivity index (χ0n) is 9.33. The molecular formula is C13H9NO3S. The second-order valence-corrected chi connectivity index (χ2v) is 4.07. The number of benzene rings is 2. The maximum atomic E-state index is 11.3. The minimum absolute atomic E-state index is 0.0388. The first kappa shape index (κ1) is 12.3. The van der Waals surface area contributed by atoms with Gasteiger partial charge < -0.3 is 9.47 Å². The summed E-state index contributed by atoms with van der Waals surface area (Å²) in [5, 5.41) is 12.1. The van der Waals surface area contributed by atoms with Crippen molar-refractivity contribution in [3.63, 3.8) is 0 Å². The van der Waals surface area contributed by atoms with E-state index in [0.29, 0.717) is 5.75 Å².